The van der Waals surface area contributed by atoms with Gasteiger partial charge in [-0.25, -0.2) is 4.98 Å². The van der Waals surface area contributed by atoms with Crippen molar-refractivity contribution in [1.82, 2.24) is 9.97 Å². The van der Waals surface area contributed by atoms with E-state index in [1.54, 1.807) is 0 Å². The first-order chi connectivity index (χ1) is 12.6. The molecule has 0 atom stereocenters. The maximum Gasteiger partial charge on any atom is 0.227 e. The summed E-state index contributed by atoms with van der Waals surface area (Å²) in [4.78, 5) is 9.19. The number of hydrogen-bond donors (Lipinski definition) is 0. The molecule has 4 aromatic rings. The summed E-state index contributed by atoms with van der Waals surface area (Å²) in [5, 5.41) is 2.14. The van der Waals surface area contributed by atoms with Crippen LogP contribution in [0.15, 0.2) is 53.1 Å². The molecule has 0 radical (unpaired) electrons. The van der Waals surface area contributed by atoms with Crippen molar-refractivity contribution >= 4 is 22.1 Å². The molecule has 0 spiro atoms. The number of furan rings is 1. The Labute approximate surface area is 154 Å². The molecule has 0 amide bonds. The van der Waals surface area contributed by atoms with Crippen LogP contribution in [0.3, 0.4) is 0 Å². The quantitative estimate of drug-likeness (QED) is 0.428. The van der Waals surface area contributed by atoms with E-state index in [-0.39, 0.29) is 5.41 Å². The summed E-state index contributed by atoms with van der Waals surface area (Å²) < 4.78 is 6.15. The van der Waals surface area contributed by atoms with E-state index in [1.165, 1.54) is 5.56 Å². The van der Waals surface area contributed by atoms with Gasteiger partial charge in [-0.05, 0) is 61.1 Å². The molecule has 0 saturated heterocycles. The van der Waals surface area contributed by atoms with Gasteiger partial charge in [-0.1, -0.05) is 32.9 Å². The van der Waals surface area contributed by atoms with Crippen molar-refractivity contribution in [2.75, 3.05) is 0 Å². The number of fused-ring (bicyclic) bond motifs is 3. The smallest absolute Gasteiger partial charge is 0.227 e. The first kappa shape index (κ1) is 16.8. The van der Waals surface area contributed by atoms with Crippen LogP contribution in [0, 0.1) is 6.92 Å². The van der Waals surface area contributed by atoms with Gasteiger partial charge in [0.05, 0.1) is 5.69 Å². The van der Waals surface area contributed by atoms with E-state index in [0.717, 1.165) is 46.1 Å². The highest BCUT2D eigenvalue weighted by molar-refractivity contribution is 6.08. The van der Waals surface area contributed by atoms with Crippen molar-refractivity contribution in [3.05, 3.63) is 59.9 Å². The van der Waals surface area contributed by atoms with Crippen molar-refractivity contribution < 1.29 is 4.42 Å². The van der Waals surface area contributed by atoms with E-state index in [2.05, 4.69) is 67.1 Å². The van der Waals surface area contributed by atoms with E-state index in [9.17, 15) is 0 Å². The van der Waals surface area contributed by atoms with Crippen LogP contribution in [0.2, 0.25) is 0 Å². The second-order valence-corrected chi connectivity index (χ2v) is 7.29. The van der Waals surface area contributed by atoms with Crippen LogP contribution in [0.25, 0.3) is 33.3 Å². The largest absolute Gasteiger partial charge is 0.437 e. The average molecular weight is 344 g/mol. The molecule has 0 saturated carbocycles. The predicted octanol–water partition coefficient (Wildman–Crippen LogP) is 6.43. The predicted molar refractivity (Wildman–Crippen MR) is 107 cm³/mol. The first-order valence-corrected chi connectivity index (χ1v) is 9.31. The summed E-state index contributed by atoms with van der Waals surface area (Å²) in [6.07, 6.45) is 4.12. The molecule has 0 aliphatic carbocycles. The number of aryl methyl sites for hydroxylation is 1. The second kappa shape index (κ2) is 6.24. The SMILES string of the molecule is CCC(C)(CC)c1ccnc(-c2cccc3c2oc2nc(C)ccc23)c1. The Balaban J connectivity index is 1.94. The molecule has 0 fully saturated rings. The lowest BCUT2D eigenvalue weighted by Gasteiger charge is -2.27. The number of para-hydroxylation sites is 1. The van der Waals surface area contributed by atoms with Gasteiger partial charge in [0, 0.05) is 28.2 Å². The summed E-state index contributed by atoms with van der Waals surface area (Å²) >= 11 is 0. The minimum absolute atomic E-state index is 0.165. The molecule has 3 heterocycles. The van der Waals surface area contributed by atoms with Gasteiger partial charge in [0.1, 0.15) is 5.58 Å². The number of benzene rings is 1. The molecular weight excluding hydrogens is 320 g/mol. The second-order valence-electron chi connectivity index (χ2n) is 7.29. The van der Waals surface area contributed by atoms with Gasteiger partial charge < -0.3 is 4.42 Å². The molecule has 0 aliphatic rings. The number of nitrogens with zero attached hydrogens (tertiary/aromatic N) is 2. The lowest BCUT2D eigenvalue weighted by atomic mass is 9.78. The van der Waals surface area contributed by atoms with E-state index in [0.29, 0.717) is 5.71 Å². The number of hydrogen-bond acceptors (Lipinski definition) is 3. The number of pyridine rings is 2. The van der Waals surface area contributed by atoms with Crippen LogP contribution >= 0.6 is 0 Å². The molecule has 0 bridgehead atoms. The van der Waals surface area contributed by atoms with E-state index in [1.807, 2.05) is 19.2 Å². The van der Waals surface area contributed by atoms with Crippen LogP contribution in [0.4, 0.5) is 0 Å². The molecule has 132 valence electrons. The molecule has 0 unspecified atom stereocenters. The molecule has 4 rings (SSSR count). The van der Waals surface area contributed by atoms with E-state index >= 15 is 0 Å². The molecule has 0 N–H and O–H groups in total. The van der Waals surface area contributed by atoms with Crippen LogP contribution < -0.4 is 0 Å². The molecule has 26 heavy (non-hydrogen) atoms. The van der Waals surface area contributed by atoms with E-state index in [4.69, 9.17) is 4.42 Å². The zero-order valence-electron chi connectivity index (χ0n) is 15.8. The minimum Gasteiger partial charge on any atom is -0.437 e. The fourth-order valence-corrected chi connectivity index (χ4v) is 3.58. The van der Waals surface area contributed by atoms with Gasteiger partial charge in [0.2, 0.25) is 5.71 Å². The number of rotatable bonds is 4. The van der Waals surface area contributed by atoms with Crippen LogP contribution in [-0.2, 0) is 5.41 Å². The van der Waals surface area contributed by atoms with Gasteiger partial charge in [-0.2, -0.15) is 0 Å². The Hall–Kier alpha value is -2.68. The average Bonchev–Trinajstić information content (AvgIpc) is 3.04. The van der Waals surface area contributed by atoms with Crippen molar-refractivity contribution in [3.8, 4) is 11.3 Å². The Morgan fingerprint density at radius 1 is 1.00 bits per heavy atom. The summed E-state index contributed by atoms with van der Waals surface area (Å²) in [5.41, 5.74) is 5.98. The molecule has 0 aliphatic heterocycles. The van der Waals surface area contributed by atoms with Crippen LogP contribution in [0.1, 0.15) is 44.9 Å². The fourth-order valence-electron chi connectivity index (χ4n) is 3.58. The topological polar surface area (TPSA) is 38.9 Å². The third-order valence-corrected chi connectivity index (χ3v) is 5.80. The minimum atomic E-state index is 0.165. The highest BCUT2D eigenvalue weighted by Gasteiger charge is 2.23. The van der Waals surface area contributed by atoms with E-state index < -0.39 is 0 Å². The Morgan fingerprint density at radius 3 is 2.58 bits per heavy atom. The highest BCUT2D eigenvalue weighted by atomic mass is 16.3. The lowest BCUT2D eigenvalue weighted by Crippen LogP contribution is -2.19. The highest BCUT2D eigenvalue weighted by Crippen LogP contribution is 2.37. The van der Waals surface area contributed by atoms with Gasteiger partial charge in [0.15, 0.2) is 0 Å². The maximum absolute atomic E-state index is 6.15. The zero-order chi connectivity index (χ0) is 18.3. The van der Waals surface area contributed by atoms with Crippen LogP contribution in [0.5, 0.6) is 0 Å². The zero-order valence-corrected chi connectivity index (χ0v) is 15.8. The maximum atomic E-state index is 6.15. The third kappa shape index (κ3) is 2.59. The molecule has 3 nitrogen and oxygen atoms in total. The molecular formula is C23H24N2O. The van der Waals surface area contributed by atoms with Gasteiger partial charge >= 0.3 is 0 Å². The van der Waals surface area contributed by atoms with Crippen molar-refractivity contribution in [3.63, 3.8) is 0 Å². The Kier molecular flexibility index (Phi) is 4.03. The Bertz CT molecular complexity index is 1090. The monoisotopic (exact) mass is 344 g/mol. The normalized spacial score (nSPS) is 12.2. The third-order valence-electron chi connectivity index (χ3n) is 5.80. The summed E-state index contributed by atoms with van der Waals surface area (Å²) in [5.74, 6) is 0. The van der Waals surface area contributed by atoms with Crippen molar-refractivity contribution in [1.29, 1.82) is 0 Å². The lowest BCUT2D eigenvalue weighted by molar-refractivity contribution is 0.438. The van der Waals surface area contributed by atoms with Crippen molar-refractivity contribution in [2.24, 2.45) is 0 Å². The van der Waals surface area contributed by atoms with Gasteiger partial charge in [0.25, 0.3) is 0 Å². The first-order valence-electron chi connectivity index (χ1n) is 9.31. The molecule has 3 aromatic heterocycles. The van der Waals surface area contributed by atoms with Crippen LogP contribution in [-0.4, -0.2) is 9.97 Å². The molecule has 1 aromatic carbocycles. The fraction of sp³-hybridized carbons (Fsp3) is 0.304. The summed E-state index contributed by atoms with van der Waals surface area (Å²) in [6, 6.07) is 14.7. The Morgan fingerprint density at radius 2 is 1.81 bits per heavy atom. The number of aromatic nitrogens is 2. The van der Waals surface area contributed by atoms with Gasteiger partial charge in [-0.15, -0.1) is 0 Å². The summed E-state index contributed by atoms with van der Waals surface area (Å²) in [7, 11) is 0. The van der Waals surface area contributed by atoms with Crippen molar-refractivity contribution in [2.45, 2.75) is 46.0 Å². The summed E-state index contributed by atoms with van der Waals surface area (Å²) in [6.45, 7) is 8.80. The van der Waals surface area contributed by atoms with Gasteiger partial charge in [-0.3, -0.25) is 4.98 Å². The standard InChI is InChI=1S/C23H24N2O/c1-5-23(4,6-2)16-12-13-24-20(14-16)19-9-7-8-17-18-11-10-15(3)25-22(18)26-21(17)19/h7-14H,5-6H2,1-4H3. The molecule has 3 heteroatoms.